The summed E-state index contributed by atoms with van der Waals surface area (Å²) in [6, 6.07) is -2.62. The Kier molecular flexibility index (Phi) is 41.9. The Bertz CT molecular complexity index is 1900. The SMILES string of the molecule is CCCCCCCCCCCCCC=C[C@@H](O)[C@H](CO[C@@H]1O[C@H](CO)[C@@H](O[C@@H]2O[C@H](CO)[C@H](O[C@@H]3O[C@H](CO)[C@H](O)[C@H](O[C@@H]4O[C@H](CO)[C@H](O)[C@H](O)[C@H]4O)[C@H]3NC(C)=O)[C@H](O)[C@H]2O)[C@H](O)C1O)NC(=O)CCCCCCCCCCCCCCCCCCCCC. The van der Waals surface area contributed by atoms with Crippen LogP contribution in [-0.4, -0.2) is 246 Å². The Morgan fingerprint density at radius 1 is 0.429 bits per heavy atom. The number of allylic oxidation sites excluding steroid dienone is 1. The van der Waals surface area contributed by atoms with Crippen molar-refractivity contribution in [1.82, 2.24) is 10.6 Å². The van der Waals surface area contributed by atoms with Gasteiger partial charge in [0, 0.05) is 13.3 Å². The van der Waals surface area contributed by atoms with Crippen LogP contribution in [0, 0.1) is 0 Å². The molecule has 0 aliphatic carbocycles. The molecule has 534 valence electrons. The molecule has 25 nitrogen and oxygen atoms in total. The van der Waals surface area contributed by atoms with Gasteiger partial charge in [-0.1, -0.05) is 206 Å². The number of nitrogens with one attached hydrogen (secondary N) is 2. The molecule has 0 radical (unpaired) electrons. The van der Waals surface area contributed by atoms with Gasteiger partial charge < -0.3 is 115 Å². The summed E-state index contributed by atoms with van der Waals surface area (Å²) in [6.45, 7) is 1.62. The van der Waals surface area contributed by atoms with E-state index in [0.717, 1.165) is 51.9 Å². The fraction of sp³-hybridized carbons (Fsp3) is 0.939. The third kappa shape index (κ3) is 28.4. The maximum Gasteiger partial charge on any atom is 0.220 e. The van der Waals surface area contributed by atoms with Gasteiger partial charge in [0.05, 0.1) is 45.2 Å². The van der Waals surface area contributed by atoms with Crippen molar-refractivity contribution < 1.29 is 114 Å². The predicted octanol–water partition coefficient (Wildman–Crippen LogP) is 3.34. The van der Waals surface area contributed by atoms with Crippen LogP contribution in [0.4, 0.5) is 0 Å². The van der Waals surface area contributed by atoms with Crippen molar-refractivity contribution in [3.8, 4) is 0 Å². The van der Waals surface area contributed by atoms with Crippen molar-refractivity contribution in [2.75, 3.05) is 33.0 Å². The number of aliphatic hydroxyl groups excluding tert-OH is 13. The van der Waals surface area contributed by atoms with E-state index in [1.165, 1.54) is 141 Å². The summed E-state index contributed by atoms with van der Waals surface area (Å²) in [5, 5.41) is 147. The van der Waals surface area contributed by atoms with E-state index in [0.29, 0.717) is 12.8 Å². The molecule has 4 fully saturated rings. The predicted molar refractivity (Wildman–Crippen MR) is 335 cm³/mol. The minimum atomic E-state index is -2.10. The summed E-state index contributed by atoms with van der Waals surface area (Å²) in [6.07, 6.45) is 5.68. The minimum Gasteiger partial charge on any atom is -0.394 e. The first-order valence-corrected chi connectivity index (χ1v) is 34.9. The lowest BCUT2D eigenvalue weighted by Gasteiger charge is -2.50. The van der Waals surface area contributed by atoms with Crippen LogP contribution in [0.15, 0.2) is 12.2 Å². The van der Waals surface area contributed by atoms with Crippen molar-refractivity contribution in [2.24, 2.45) is 0 Å². The van der Waals surface area contributed by atoms with E-state index in [9.17, 15) is 76.0 Å². The largest absolute Gasteiger partial charge is 0.394 e. The number of hydrogen-bond acceptors (Lipinski definition) is 23. The van der Waals surface area contributed by atoms with Crippen molar-refractivity contribution in [1.29, 1.82) is 0 Å². The fourth-order valence-electron chi connectivity index (χ4n) is 12.4. The molecule has 0 aromatic rings. The number of carbonyl (C=O) groups is 2. The first-order valence-electron chi connectivity index (χ1n) is 34.9. The van der Waals surface area contributed by atoms with Crippen molar-refractivity contribution in [2.45, 2.75) is 361 Å². The van der Waals surface area contributed by atoms with Gasteiger partial charge >= 0.3 is 0 Å². The van der Waals surface area contributed by atoms with Crippen LogP contribution in [0.1, 0.15) is 226 Å². The molecule has 22 atom stereocenters. The van der Waals surface area contributed by atoms with E-state index in [-0.39, 0.29) is 12.3 Å². The molecule has 25 heteroatoms. The summed E-state index contributed by atoms with van der Waals surface area (Å²) in [4.78, 5) is 26.0. The van der Waals surface area contributed by atoms with Gasteiger partial charge in [0.1, 0.15) is 97.6 Å². The number of amides is 2. The zero-order valence-corrected chi connectivity index (χ0v) is 54.9. The topological polar surface area (TPSA) is 395 Å². The quantitative estimate of drug-likeness (QED) is 0.0307. The van der Waals surface area contributed by atoms with Crippen molar-refractivity contribution in [3.05, 3.63) is 12.2 Å². The second-order valence-corrected chi connectivity index (χ2v) is 25.7. The molecule has 0 aromatic carbocycles. The van der Waals surface area contributed by atoms with Gasteiger partial charge in [0.25, 0.3) is 0 Å². The highest BCUT2D eigenvalue weighted by Gasteiger charge is 2.56. The van der Waals surface area contributed by atoms with Crippen LogP contribution in [0.3, 0.4) is 0 Å². The van der Waals surface area contributed by atoms with E-state index in [1.807, 2.05) is 6.08 Å². The molecule has 1 unspecified atom stereocenters. The smallest absolute Gasteiger partial charge is 0.220 e. The number of carbonyl (C=O) groups excluding carboxylic acids is 2. The van der Waals surface area contributed by atoms with Gasteiger partial charge in [-0.2, -0.15) is 0 Å². The number of hydrogen-bond donors (Lipinski definition) is 15. The highest BCUT2D eigenvalue weighted by molar-refractivity contribution is 5.76. The second-order valence-electron chi connectivity index (χ2n) is 25.7. The molecule has 0 saturated carbocycles. The Morgan fingerprint density at radius 3 is 1.24 bits per heavy atom. The maximum absolute atomic E-state index is 13.4. The standard InChI is InChI=1S/C66H122N2O23/c1-4-6-8-10-12-14-16-18-19-20-21-22-23-25-27-29-31-33-35-37-50(75)68-44(45(74)36-34-32-30-28-26-24-17-15-13-11-9-7-5-2)42-84-64-58(82)55(79)61(48(40-71)87-64)90-66-59(83)56(80)60(49(41-72)88-66)89-63-51(67-43(3)73)62(53(77)47(39-70)85-63)91-65-57(81)54(78)52(76)46(38-69)86-65/h34,36,44-49,51-66,69-72,74,76-83H,4-33,35,37-42H2,1-3H3,(H,67,73)(H,68,75)/t44-,45+,46+,47+,48+,49+,51+,52-,53-,54-,55+,56+,57+,58?,59+,60-,61+,62+,63-,64+,65-,66-/m0/s1. The fourth-order valence-corrected chi connectivity index (χ4v) is 12.4. The molecule has 4 aliphatic rings. The number of rotatable bonds is 49. The molecule has 0 spiro atoms. The Morgan fingerprint density at radius 2 is 0.791 bits per heavy atom. The molecule has 0 bridgehead atoms. The van der Waals surface area contributed by atoms with E-state index in [4.69, 9.17) is 37.9 Å². The highest BCUT2D eigenvalue weighted by atomic mass is 16.8. The molecule has 4 heterocycles. The van der Waals surface area contributed by atoms with Crippen LogP contribution >= 0.6 is 0 Å². The summed E-state index contributed by atoms with van der Waals surface area (Å²) < 4.78 is 46.8. The Labute approximate surface area is 540 Å². The van der Waals surface area contributed by atoms with Gasteiger partial charge in [-0.05, 0) is 19.3 Å². The van der Waals surface area contributed by atoms with Gasteiger partial charge in [0.2, 0.25) is 11.8 Å². The van der Waals surface area contributed by atoms with Crippen molar-refractivity contribution >= 4 is 11.8 Å². The third-order valence-electron chi connectivity index (χ3n) is 18.1. The van der Waals surface area contributed by atoms with E-state index in [2.05, 4.69) is 24.5 Å². The summed E-state index contributed by atoms with van der Waals surface area (Å²) in [5.41, 5.74) is 0. The lowest BCUT2D eigenvalue weighted by molar-refractivity contribution is -0.380. The lowest BCUT2D eigenvalue weighted by Crippen LogP contribution is -2.70. The van der Waals surface area contributed by atoms with Crippen molar-refractivity contribution in [3.63, 3.8) is 0 Å². The van der Waals surface area contributed by atoms with Gasteiger partial charge in [-0.3, -0.25) is 9.59 Å². The third-order valence-corrected chi connectivity index (χ3v) is 18.1. The van der Waals surface area contributed by atoms with Gasteiger partial charge in [-0.25, -0.2) is 0 Å². The maximum atomic E-state index is 13.4. The number of unbranched alkanes of at least 4 members (excludes halogenated alkanes) is 29. The average molecular weight is 1310 g/mol. The average Bonchev–Trinajstić information content (AvgIpc) is 0.889. The normalized spacial score (nSPS) is 32.9. The van der Waals surface area contributed by atoms with Crippen LogP contribution in [-0.2, 0) is 47.5 Å². The van der Waals surface area contributed by atoms with E-state index < -0.39 is 174 Å². The molecule has 15 N–H and O–H groups in total. The van der Waals surface area contributed by atoms with E-state index >= 15 is 0 Å². The highest BCUT2D eigenvalue weighted by Crippen LogP contribution is 2.35. The van der Waals surface area contributed by atoms with E-state index in [1.54, 1.807) is 6.08 Å². The van der Waals surface area contributed by atoms with Gasteiger partial charge in [-0.15, -0.1) is 0 Å². The van der Waals surface area contributed by atoms with Gasteiger partial charge in [0.15, 0.2) is 25.2 Å². The Hall–Kier alpha value is -2.16. The molecule has 4 aliphatic heterocycles. The number of aliphatic hydroxyl groups is 13. The van der Waals surface area contributed by atoms with Crippen LogP contribution < -0.4 is 10.6 Å². The lowest BCUT2D eigenvalue weighted by atomic mass is 9.94. The molecule has 4 saturated heterocycles. The molecular weight excluding hydrogens is 1190 g/mol. The second kappa shape index (κ2) is 46.9. The summed E-state index contributed by atoms with van der Waals surface area (Å²) >= 11 is 0. The van der Waals surface area contributed by atoms with Crippen LogP contribution in [0.25, 0.3) is 0 Å². The molecule has 2 amide bonds. The summed E-state index contributed by atoms with van der Waals surface area (Å²) in [5.74, 6) is -1.06. The molecular formula is C66H122N2O23. The van der Waals surface area contributed by atoms with Crippen LogP contribution in [0.2, 0.25) is 0 Å². The zero-order chi connectivity index (χ0) is 66.5. The summed E-state index contributed by atoms with van der Waals surface area (Å²) in [7, 11) is 0. The minimum absolute atomic E-state index is 0.218. The molecule has 4 rings (SSSR count). The monoisotopic (exact) mass is 1310 g/mol. The zero-order valence-electron chi connectivity index (χ0n) is 54.9. The first kappa shape index (κ1) is 81.3. The first-order chi connectivity index (χ1) is 44.0. The molecule has 0 aromatic heterocycles. The number of ether oxygens (including phenoxy) is 8. The molecule has 91 heavy (non-hydrogen) atoms. The Balaban J connectivity index is 1.32. The van der Waals surface area contributed by atoms with Crippen LogP contribution in [0.5, 0.6) is 0 Å².